The minimum absolute atomic E-state index is 0.0841. The highest BCUT2D eigenvalue weighted by Crippen LogP contribution is 2.24. The van der Waals surface area contributed by atoms with Gasteiger partial charge in [-0.1, -0.05) is 24.3 Å². The predicted octanol–water partition coefficient (Wildman–Crippen LogP) is 4.28. The van der Waals surface area contributed by atoms with Crippen LogP contribution in [0.25, 0.3) is 22.0 Å². The van der Waals surface area contributed by atoms with Gasteiger partial charge in [-0.05, 0) is 53.6 Å². The van der Waals surface area contributed by atoms with Gasteiger partial charge in [0.05, 0.1) is 5.69 Å². The molecule has 0 radical (unpaired) electrons. The van der Waals surface area contributed by atoms with Gasteiger partial charge in [0.15, 0.2) is 0 Å². The third-order valence-electron chi connectivity index (χ3n) is 4.36. The molecular formula is C21H19N3O. The van der Waals surface area contributed by atoms with Crippen molar-refractivity contribution in [2.45, 2.75) is 12.8 Å². The fraction of sp³-hybridized carbons (Fsp3) is 0.143. The van der Waals surface area contributed by atoms with Gasteiger partial charge in [0.25, 0.3) is 0 Å². The average molecular weight is 329 g/mol. The smallest absolute Gasteiger partial charge is 0.248 e. The van der Waals surface area contributed by atoms with E-state index < -0.39 is 0 Å². The van der Waals surface area contributed by atoms with E-state index in [1.165, 1.54) is 5.57 Å². The molecule has 2 heterocycles. The fourth-order valence-electron chi connectivity index (χ4n) is 3.03. The summed E-state index contributed by atoms with van der Waals surface area (Å²) in [5.74, 6) is 0. The van der Waals surface area contributed by atoms with Crippen LogP contribution in [-0.2, 0) is 0 Å². The lowest BCUT2D eigenvalue weighted by molar-refractivity contribution is 1.00. The van der Waals surface area contributed by atoms with Crippen molar-refractivity contribution in [3.05, 3.63) is 82.9 Å². The number of hydrogen-bond acceptors (Lipinski definition) is 3. The maximum Gasteiger partial charge on any atom is 0.248 e. The predicted molar refractivity (Wildman–Crippen MR) is 103 cm³/mol. The summed E-state index contributed by atoms with van der Waals surface area (Å²) in [5, 5.41) is 4.45. The number of rotatable bonds is 4. The summed E-state index contributed by atoms with van der Waals surface area (Å²) in [7, 11) is 0. The molecule has 2 aromatic heterocycles. The molecule has 1 aliphatic rings. The number of fused-ring (bicyclic) bond motifs is 1. The molecule has 0 bridgehead atoms. The Kier molecular flexibility index (Phi) is 4.17. The summed E-state index contributed by atoms with van der Waals surface area (Å²) in [5.41, 5.74) is 5.19. The van der Waals surface area contributed by atoms with Crippen LogP contribution < -0.4 is 10.9 Å². The zero-order valence-electron chi connectivity index (χ0n) is 13.8. The van der Waals surface area contributed by atoms with Gasteiger partial charge < -0.3 is 10.3 Å². The summed E-state index contributed by atoms with van der Waals surface area (Å²) in [6.07, 6.45) is 12.6. The third kappa shape index (κ3) is 3.53. The van der Waals surface area contributed by atoms with Crippen LogP contribution in [0.5, 0.6) is 0 Å². The Bertz CT molecular complexity index is 1030. The molecular weight excluding hydrogens is 310 g/mol. The van der Waals surface area contributed by atoms with Crippen LogP contribution in [0.2, 0.25) is 0 Å². The van der Waals surface area contributed by atoms with E-state index in [0.29, 0.717) is 0 Å². The van der Waals surface area contributed by atoms with Gasteiger partial charge in [-0.2, -0.15) is 0 Å². The molecule has 124 valence electrons. The number of anilines is 1. The third-order valence-corrected chi connectivity index (χ3v) is 4.36. The van der Waals surface area contributed by atoms with Gasteiger partial charge in [-0.3, -0.25) is 9.78 Å². The summed E-state index contributed by atoms with van der Waals surface area (Å²) < 4.78 is 0. The first-order valence-electron chi connectivity index (χ1n) is 8.46. The quantitative estimate of drug-likeness (QED) is 0.751. The zero-order valence-corrected chi connectivity index (χ0v) is 13.8. The molecule has 4 heteroatoms. The SMILES string of the molecule is O=c1ccc2cc(-c3cncc(NCC4=CCCC=C4)c3)ccc2[nH]1. The number of nitrogens with one attached hydrogen (secondary N) is 2. The van der Waals surface area contributed by atoms with Crippen molar-refractivity contribution in [3.63, 3.8) is 0 Å². The zero-order chi connectivity index (χ0) is 17.1. The summed E-state index contributed by atoms with van der Waals surface area (Å²) in [4.78, 5) is 18.6. The van der Waals surface area contributed by atoms with E-state index >= 15 is 0 Å². The Balaban J connectivity index is 1.58. The first kappa shape index (κ1) is 15.4. The van der Waals surface area contributed by atoms with Gasteiger partial charge in [-0.25, -0.2) is 0 Å². The minimum atomic E-state index is -0.0841. The number of nitrogens with zero attached hydrogens (tertiary/aromatic N) is 1. The van der Waals surface area contributed by atoms with Crippen LogP contribution in [0.4, 0.5) is 5.69 Å². The molecule has 4 nitrogen and oxygen atoms in total. The number of aromatic nitrogens is 2. The second-order valence-corrected chi connectivity index (χ2v) is 6.20. The van der Waals surface area contributed by atoms with Gasteiger partial charge in [0.1, 0.15) is 0 Å². The van der Waals surface area contributed by atoms with Crippen LogP contribution >= 0.6 is 0 Å². The van der Waals surface area contributed by atoms with Gasteiger partial charge >= 0.3 is 0 Å². The Morgan fingerprint density at radius 3 is 2.88 bits per heavy atom. The Morgan fingerprint density at radius 2 is 2.00 bits per heavy atom. The monoisotopic (exact) mass is 329 g/mol. The van der Waals surface area contributed by atoms with Crippen molar-refractivity contribution in [2.24, 2.45) is 0 Å². The van der Waals surface area contributed by atoms with Crippen molar-refractivity contribution in [1.29, 1.82) is 0 Å². The number of benzene rings is 1. The largest absolute Gasteiger partial charge is 0.380 e. The second kappa shape index (κ2) is 6.77. The molecule has 0 unspecified atom stereocenters. The molecule has 2 N–H and O–H groups in total. The van der Waals surface area contributed by atoms with Crippen LogP contribution in [0.1, 0.15) is 12.8 Å². The first-order valence-corrected chi connectivity index (χ1v) is 8.46. The molecule has 4 rings (SSSR count). The van der Waals surface area contributed by atoms with Crippen molar-refractivity contribution in [2.75, 3.05) is 11.9 Å². The molecule has 0 fully saturated rings. The second-order valence-electron chi connectivity index (χ2n) is 6.20. The van der Waals surface area contributed by atoms with Crippen LogP contribution in [0.3, 0.4) is 0 Å². The van der Waals surface area contributed by atoms with E-state index in [9.17, 15) is 4.79 Å². The summed E-state index contributed by atoms with van der Waals surface area (Å²) >= 11 is 0. The van der Waals surface area contributed by atoms with Crippen molar-refractivity contribution in [3.8, 4) is 11.1 Å². The minimum Gasteiger partial charge on any atom is -0.380 e. The lowest BCUT2D eigenvalue weighted by atomic mass is 10.0. The molecule has 0 saturated carbocycles. The number of pyridine rings is 2. The number of hydrogen-bond donors (Lipinski definition) is 2. The normalized spacial score (nSPS) is 13.7. The highest BCUT2D eigenvalue weighted by molar-refractivity contribution is 5.84. The van der Waals surface area contributed by atoms with Crippen LogP contribution in [0, 0.1) is 0 Å². The fourth-order valence-corrected chi connectivity index (χ4v) is 3.03. The summed E-state index contributed by atoms with van der Waals surface area (Å²) in [6.45, 7) is 0.806. The Labute approximate surface area is 145 Å². The molecule has 1 aliphatic carbocycles. The molecule has 1 aromatic carbocycles. The topological polar surface area (TPSA) is 57.8 Å². The van der Waals surface area contributed by atoms with Gasteiger partial charge in [0.2, 0.25) is 5.56 Å². The summed E-state index contributed by atoms with van der Waals surface area (Å²) in [6, 6.07) is 11.5. The lowest BCUT2D eigenvalue weighted by Gasteiger charge is -2.11. The number of allylic oxidation sites excluding steroid dienone is 2. The first-order chi connectivity index (χ1) is 12.3. The molecule has 0 atom stereocenters. The van der Waals surface area contributed by atoms with E-state index in [1.54, 1.807) is 6.07 Å². The molecule has 3 aromatic rings. The number of H-pyrrole nitrogens is 1. The molecule has 0 saturated heterocycles. The lowest BCUT2D eigenvalue weighted by Crippen LogP contribution is -2.05. The molecule has 0 aliphatic heterocycles. The maximum absolute atomic E-state index is 11.4. The Hall–Kier alpha value is -3.14. The van der Waals surface area contributed by atoms with Crippen LogP contribution in [-0.4, -0.2) is 16.5 Å². The molecule has 0 amide bonds. The highest BCUT2D eigenvalue weighted by atomic mass is 16.1. The van der Waals surface area contributed by atoms with E-state index in [0.717, 1.165) is 47.1 Å². The van der Waals surface area contributed by atoms with E-state index in [4.69, 9.17) is 0 Å². The Morgan fingerprint density at radius 1 is 1.04 bits per heavy atom. The number of aromatic amines is 1. The average Bonchev–Trinajstić information content (AvgIpc) is 2.67. The van der Waals surface area contributed by atoms with E-state index in [1.807, 2.05) is 30.6 Å². The van der Waals surface area contributed by atoms with E-state index in [2.05, 4.69) is 45.6 Å². The van der Waals surface area contributed by atoms with Gasteiger partial charge in [0, 0.05) is 36.1 Å². The van der Waals surface area contributed by atoms with Crippen molar-refractivity contribution >= 4 is 16.6 Å². The van der Waals surface area contributed by atoms with Gasteiger partial charge in [-0.15, -0.1) is 0 Å². The highest BCUT2D eigenvalue weighted by Gasteiger charge is 2.04. The van der Waals surface area contributed by atoms with Crippen molar-refractivity contribution in [1.82, 2.24) is 9.97 Å². The van der Waals surface area contributed by atoms with Crippen molar-refractivity contribution < 1.29 is 0 Å². The standard InChI is InChI=1S/C21H19N3O/c25-21-9-7-17-10-16(6-8-20(17)24-21)18-11-19(14-22-13-18)23-12-15-4-2-1-3-5-15/h2,4-11,13-14,23H,1,3,12H2,(H,24,25). The van der Waals surface area contributed by atoms with E-state index in [-0.39, 0.29) is 5.56 Å². The van der Waals surface area contributed by atoms with Crippen LogP contribution in [0.15, 0.2) is 77.4 Å². The molecule has 25 heavy (non-hydrogen) atoms. The molecule has 0 spiro atoms. The maximum atomic E-state index is 11.4.